The number of halogens is 1. The summed E-state index contributed by atoms with van der Waals surface area (Å²) in [5, 5.41) is 13.5. The van der Waals surface area contributed by atoms with E-state index in [1.54, 1.807) is 6.20 Å². The number of nitrogens with zero attached hydrogens (tertiary/aromatic N) is 2. The molecule has 1 aromatic rings. The number of hydrogen-bond acceptors (Lipinski definition) is 4. The number of carbonyl (C=O) groups excluding carboxylic acids is 1. The van der Waals surface area contributed by atoms with Crippen molar-refractivity contribution in [1.82, 2.24) is 10.3 Å². The second-order valence-corrected chi connectivity index (χ2v) is 7.04. The lowest BCUT2D eigenvalue weighted by Crippen LogP contribution is -2.42. The molecule has 6 heteroatoms. The Hall–Kier alpha value is -1.33. The summed E-state index contributed by atoms with van der Waals surface area (Å²) in [6.07, 6.45) is 6.03. The quantitative estimate of drug-likeness (QED) is 0.884. The van der Waals surface area contributed by atoms with Crippen molar-refractivity contribution >= 4 is 23.3 Å². The summed E-state index contributed by atoms with van der Waals surface area (Å²) in [5.41, 5.74) is 0. The second kappa shape index (κ2) is 7.49. The fourth-order valence-electron chi connectivity index (χ4n) is 3.56. The first kappa shape index (κ1) is 16.5. The number of piperidine rings is 1. The number of aliphatic hydroxyl groups excluding tert-OH is 1. The van der Waals surface area contributed by atoms with E-state index in [1.165, 1.54) is 0 Å². The molecule has 0 bridgehead atoms. The molecule has 1 saturated heterocycles. The highest BCUT2D eigenvalue weighted by Gasteiger charge is 2.28. The molecule has 2 heterocycles. The Morgan fingerprint density at radius 2 is 2.09 bits per heavy atom. The molecule has 1 amide bonds. The number of carbonyl (C=O) groups is 1. The minimum absolute atomic E-state index is 0.0668. The molecule has 0 spiro atoms. The van der Waals surface area contributed by atoms with Gasteiger partial charge < -0.3 is 15.3 Å². The first-order valence-electron chi connectivity index (χ1n) is 8.46. The van der Waals surface area contributed by atoms with Crippen LogP contribution in [0, 0.1) is 11.8 Å². The molecule has 2 unspecified atom stereocenters. The number of aromatic nitrogens is 1. The van der Waals surface area contributed by atoms with Crippen molar-refractivity contribution in [3.8, 4) is 0 Å². The van der Waals surface area contributed by atoms with Crippen LogP contribution in [0.25, 0.3) is 0 Å². The van der Waals surface area contributed by atoms with E-state index in [1.807, 2.05) is 12.1 Å². The van der Waals surface area contributed by atoms with Gasteiger partial charge in [-0.2, -0.15) is 0 Å². The van der Waals surface area contributed by atoms with E-state index < -0.39 is 0 Å². The Kier molecular flexibility index (Phi) is 5.38. The Morgan fingerprint density at radius 1 is 1.30 bits per heavy atom. The zero-order chi connectivity index (χ0) is 16.2. The molecule has 0 aromatic carbocycles. The maximum Gasteiger partial charge on any atom is 0.223 e. The van der Waals surface area contributed by atoms with E-state index in [4.69, 9.17) is 11.6 Å². The van der Waals surface area contributed by atoms with Gasteiger partial charge in [0.05, 0.1) is 11.1 Å². The van der Waals surface area contributed by atoms with Crippen molar-refractivity contribution in [3.63, 3.8) is 0 Å². The average molecular weight is 338 g/mol. The number of nitrogens with one attached hydrogen (secondary N) is 1. The van der Waals surface area contributed by atoms with Gasteiger partial charge >= 0.3 is 0 Å². The minimum Gasteiger partial charge on any atom is -0.393 e. The van der Waals surface area contributed by atoms with Gasteiger partial charge in [-0.15, -0.1) is 0 Å². The lowest BCUT2D eigenvalue weighted by molar-refractivity contribution is -0.125. The average Bonchev–Trinajstić information content (AvgIpc) is 2.99. The molecule has 1 aliphatic heterocycles. The van der Waals surface area contributed by atoms with Crippen LogP contribution in [0.15, 0.2) is 18.3 Å². The standard InChI is InChI=1S/C17H24ClN3O2/c18-14-4-5-16(19-11-14)21-8-6-12(7-9-21)17(23)20-10-13-2-1-3-15(13)22/h4-5,11-13,15,22H,1-3,6-10H2,(H,20,23). The van der Waals surface area contributed by atoms with Crippen LogP contribution in [0.5, 0.6) is 0 Å². The molecule has 2 atom stereocenters. The van der Waals surface area contributed by atoms with Crippen LogP contribution in [0.4, 0.5) is 5.82 Å². The van der Waals surface area contributed by atoms with Gasteiger partial charge in [0.25, 0.3) is 0 Å². The van der Waals surface area contributed by atoms with Crippen molar-refractivity contribution in [2.45, 2.75) is 38.2 Å². The summed E-state index contributed by atoms with van der Waals surface area (Å²) < 4.78 is 0. The van der Waals surface area contributed by atoms with Gasteiger partial charge in [0.2, 0.25) is 5.91 Å². The van der Waals surface area contributed by atoms with E-state index >= 15 is 0 Å². The highest BCUT2D eigenvalue weighted by Crippen LogP contribution is 2.26. The van der Waals surface area contributed by atoms with Crippen LogP contribution in [0.1, 0.15) is 32.1 Å². The zero-order valence-electron chi connectivity index (χ0n) is 13.2. The Bertz CT molecular complexity index is 529. The fraction of sp³-hybridized carbons (Fsp3) is 0.647. The van der Waals surface area contributed by atoms with Crippen molar-refractivity contribution in [3.05, 3.63) is 23.4 Å². The van der Waals surface area contributed by atoms with E-state index in [0.29, 0.717) is 11.6 Å². The third-order valence-electron chi connectivity index (χ3n) is 5.06. The van der Waals surface area contributed by atoms with Crippen LogP contribution < -0.4 is 10.2 Å². The predicted octanol–water partition coefficient (Wildman–Crippen LogP) is 2.23. The summed E-state index contributed by atoms with van der Waals surface area (Å²) in [7, 11) is 0. The molecule has 5 nitrogen and oxygen atoms in total. The Labute approximate surface area is 142 Å². The number of anilines is 1. The molecule has 1 aromatic heterocycles. The molecule has 23 heavy (non-hydrogen) atoms. The van der Waals surface area contributed by atoms with E-state index in [0.717, 1.165) is 51.0 Å². The van der Waals surface area contributed by atoms with Gasteiger partial charge in [0.1, 0.15) is 5.82 Å². The Morgan fingerprint density at radius 3 is 2.70 bits per heavy atom. The van der Waals surface area contributed by atoms with Crippen molar-refractivity contribution in [1.29, 1.82) is 0 Å². The van der Waals surface area contributed by atoms with Crippen LogP contribution in [-0.2, 0) is 4.79 Å². The summed E-state index contributed by atoms with van der Waals surface area (Å²) in [4.78, 5) is 18.8. The van der Waals surface area contributed by atoms with E-state index in [9.17, 15) is 9.90 Å². The summed E-state index contributed by atoms with van der Waals surface area (Å²) >= 11 is 5.86. The molecular formula is C17H24ClN3O2. The zero-order valence-corrected chi connectivity index (χ0v) is 14.0. The SMILES string of the molecule is O=C(NCC1CCCC1O)C1CCN(c2ccc(Cl)cn2)CC1. The van der Waals surface area contributed by atoms with Crippen LogP contribution in [0.3, 0.4) is 0 Å². The molecule has 2 aliphatic rings. The van der Waals surface area contributed by atoms with Gasteiger partial charge in [-0.3, -0.25) is 4.79 Å². The first-order chi connectivity index (χ1) is 11.1. The molecule has 3 rings (SSSR count). The van der Waals surface area contributed by atoms with Gasteiger partial charge in [-0.05, 0) is 37.8 Å². The molecule has 1 saturated carbocycles. The number of aliphatic hydroxyl groups is 1. The lowest BCUT2D eigenvalue weighted by Gasteiger charge is -2.32. The van der Waals surface area contributed by atoms with Crippen molar-refractivity contribution in [2.75, 3.05) is 24.5 Å². The summed E-state index contributed by atoms with van der Waals surface area (Å²) in [6.45, 7) is 2.27. The Balaban J connectivity index is 1.44. The normalized spacial score (nSPS) is 25.6. The van der Waals surface area contributed by atoms with Crippen LogP contribution >= 0.6 is 11.6 Å². The summed E-state index contributed by atoms with van der Waals surface area (Å²) in [5.74, 6) is 1.35. The highest BCUT2D eigenvalue weighted by atomic mass is 35.5. The van der Waals surface area contributed by atoms with Crippen LogP contribution in [0.2, 0.25) is 5.02 Å². The molecule has 126 valence electrons. The van der Waals surface area contributed by atoms with E-state index in [-0.39, 0.29) is 23.8 Å². The maximum absolute atomic E-state index is 12.3. The van der Waals surface area contributed by atoms with Gasteiger partial charge in [-0.25, -0.2) is 4.98 Å². The molecule has 2 fully saturated rings. The third kappa shape index (κ3) is 4.15. The molecule has 0 radical (unpaired) electrons. The topological polar surface area (TPSA) is 65.5 Å². The van der Waals surface area contributed by atoms with Crippen LogP contribution in [-0.4, -0.2) is 41.7 Å². The largest absolute Gasteiger partial charge is 0.393 e. The van der Waals surface area contributed by atoms with E-state index in [2.05, 4.69) is 15.2 Å². The first-order valence-corrected chi connectivity index (χ1v) is 8.83. The number of amides is 1. The maximum atomic E-state index is 12.3. The van der Waals surface area contributed by atoms with Crippen molar-refractivity contribution in [2.24, 2.45) is 11.8 Å². The molecule has 2 N–H and O–H groups in total. The monoisotopic (exact) mass is 337 g/mol. The molecular weight excluding hydrogens is 314 g/mol. The number of rotatable bonds is 4. The lowest BCUT2D eigenvalue weighted by atomic mass is 9.95. The second-order valence-electron chi connectivity index (χ2n) is 6.60. The smallest absolute Gasteiger partial charge is 0.223 e. The number of hydrogen-bond donors (Lipinski definition) is 2. The van der Waals surface area contributed by atoms with Crippen molar-refractivity contribution < 1.29 is 9.90 Å². The highest BCUT2D eigenvalue weighted by molar-refractivity contribution is 6.30. The molecule has 1 aliphatic carbocycles. The van der Waals surface area contributed by atoms with Gasteiger partial charge in [-0.1, -0.05) is 18.0 Å². The predicted molar refractivity (Wildman–Crippen MR) is 90.5 cm³/mol. The number of pyridine rings is 1. The summed E-state index contributed by atoms with van der Waals surface area (Å²) in [6, 6.07) is 3.76. The fourth-order valence-corrected chi connectivity index (χ4v) is 3.67. The van der Waals surface area contributed by atoms with Gasteiger partial charge in [0.15, 0.2) is 0 Å². The third-order valence-corrected chi connectivity index (χ3v) is 5.28. The minimum atomic E-state index is -0.242. The van der Waals surface area contributed by atoms with Gasteiger partial charge in [0, 0.05) is 37.7 Å².